The van der Waals surface area contributed by atoms with Crippen LogP contribution < -0.4 is 0 Å². The molecule has 0 bridgehead atoms. The summed E-state index contributed by atoms with van der Waals surface area (Å²) in [7, 11) is 0. The van der Waals surface area contributed by atoms with Crippen molar-refractivity contribution in [3.63, 3.8) is 0 Å². The van der Waals surface area contributed by atoms with E-state index in [1.165, 1.54) is 116 Å². The van der Waals surface area contributed by atoms with Gasteiger partial charge in [-0.25, -0.2) is 0 Å². The Bertz CT molecular complexity index is 434. The minimum absolute atomic E-state index is 0.326. The number of unbranched alkanes of at least 4 members (excludes halogenated alkanes) is 21. The van der Waals surface area contributed by atoms with Crippen LogP contribution in [0.5, 0.6) is 0 Å². The van der Waals surface area contributed by atoms with Gasteiger partial charge in [-0.2, -0.15) is 0 Å². The molecule has 202 valence electrons. The number of carboxylic acids is 2. The topological polar surface area (TPSA) is 74.6 Å². The van der Waals surface area contributed by atoms with Gasteiger partial charge in [0.1, 0.15) is 0 Å². The first-order valence-corrected chi connectivity index (χ1v) is 14.6. The van der Waals surface area contributed by atoms with E-state index in [0.717, 1.165) is 32.1 Å². The van der Waals surface area contributed by atoms with Crippen molar-refractivity contribution in [3.05, 3.63) is 12.7 Å². The third-order valence-corrected chi connectivity index (χ3v) is 6.29. The summed E-state index contributed by atoms with van der Waals surface area (Å²) in [5.41, 5.74) is 0. The van der Waals surface area contributed by atoms with Gasteiger partial charge in [0, 0.05) is 12.8 Å². The zero-order valence-corrected chi connectivity index (χ0v) is 22.7. The van der Waals surface area contributed by atoms with Crippen molar-refractivity contribution in [2.75, 3.05) is 0 Å². The molecule has 0 radical (unpaired) electrons. The van der Waals surface area contributed by atoms with Crippen molar-refractivity contribution in [1.29, 1.82) is 0 Å². The van der Waals surface area contributed by atoms with Crippen LogP contribution in [0.3, 0.4) is 0 Å². The summed E-state index contributed by atoms with van der Waals surface area (Å²) in [4.78, 5) is 20.5. The Hall–Kier alpha value is -1.32. The molecule has 0 aliphatic heterocycles. The number of aliphatic carboxylic acids is 2. The number of allylic oxidation sites excluding steroid dienone is 1. The number of hydrogen-bond donors (Lipinski definition) is 2. The van der Waals surface area contributed by atoms with Gasteiger partial charge in [-0.05, 0) is 25.7 Å². The van der Waals surface area contributed by atoms with Crippen molar-refractivity contribution in [1.82, 2.24) is 0 Å². The second kappa shape index (κ2) is 31.7. The number of rotatable bonds is 26. The molecule has 0 saturated heterocycles. The van der Waals surface area contributed by atoms with E-state index in [1.54, 1.807) is 0 Å². The van der Waals surface area contributed by atoms with Crippen LogP contribution in [0.1, 0.15) is 167 Å². The molecule has 0 amide bonds. The standard InChI is InChI=1S/C19H38O2.C11H20O2/c1-2-3-4-5-6-7-8-9-10-11-12-13-14-15-16-17-18-19(20)21;1-2-3-4-5-6-7-8-9-10-11(12)13/h2-18H2,1H3,(H,20,21);2H,1,3-10H2,(H,12,13). The molecule has 0 fully saturated rings. The third kappa shape index (κ3) is 38.0. The lowest BCUT2D eigenvalue weighted by atomic mass is 10.0. The van der Waals surface area contributed by atoms with Crippen LogP contribution in [0.25, 0.3) is 0 Å². The van der Waals surface area contributed by atoms with Gasteiger partial charge in [0.05, 0.1) is 0 Å². The molecule has 0 aromatic heterocycles. The van der Waals surface area contributed by atoms with Gasteiger partial charge in [-0.1, -0.05) is 135 Å². The van der Waals surface area contributed by atoms with Gasteiger partial charge in [0.15, 0.2) is 0 Å². The number of hydrogen-bond acceptors (Lipinski definition) is 2. The molecule has 34 heavy (non-hydrogen) atoms. The van der Waals surface area contributed by atoms with Crippen LogP contribution in [0.4, 0.5) is 0 Å². The van der Waals surface area contributed by atoms with E-state index in [9.17, 15) is 9.59 Å². The molecule has 0 heterocycles. The highest BCUT2D eigenvalue weighted by atomic mass is 16.4. The highest BCUT2D eigenvalue weighted by molar-refractivity contribution is 5.66. The highest BCUT2D eigenvalue weighted by Gasteiger charge is 1.97. The van der Waals surface area contributed by atoms with Crippen molar-refractivity contribution in [2.24, 2.45) is 0 Å². The second-order valence-electron chi connectivity index (χ2n) is 9.79. The van der Waals surface area contributed by atoms with Gasteiger partial charge in [-0.15, -0.1) is 6.58 Å². The molecule has 0 aliphatic rings. The van der Waals surface area contributed by atoms with Gasteiger partial charge < -0.3 is 10.2 Å². The smallest absolute Gasteiger partial charge is 0.303 e. The molecule has 0 aromatic carbocycles. The van der Waals surface area contributed by atoms with Gasteiger partial charge in [0.25, 0.3) is 0 Å². The fraction of sp³-hybridized carbons (Fsp3) is 0.867. The average molecular weight is 483 g/mol. The zero-order chi connectivity index (χ0) is 25.5. The molecular formula is C30H58O4. The van der Waals surface area contributed by atoms with E-state index in [-0.39, 0.29) is 0 Å². The maximum absolute atomic E-state index is 10.3. The molecular weight excluding hydrogens is 424 g/mol. The normalized spacial score (nSPS) is 10.5. The lowest BCUT2D eigenvalue weighted by Gasteiger charge is -2.03. The molecule has 0 saturated carbocycles. The maximum atomic E-state index is 10.3. The predicted molar refractivity (Wildman–Crippen MR) is 147 cm³/mol. The molecule has 0 unspecified atom stereocenters. The zero-order valence-electron chi connectivity index (χ0n) is 22.7. The summed E-state index contributed by atoms with van der Waals surface area (Å²) < 4.78 is 0. The average Bonchev–Trinajstić information content (AvgIpc) is 2.80. The molecule has 4 heteroatoms. The van der Waals surface area contributed by atoms with Crippen LogP contribution in [-0.2, 0) is 9.59 Å². The largest absolute Gasteiger partial charge is 0.481 e. The molecule has 0 rings (SSSR count). The molecule has 0 aliphatic carbocycles. The molecule has 0 atom stereocenters. The Morgan fingerprint density at radius 3 is 1.03 bits per heavy atom. The Balaban J connectivity index is 0. The summed E-state index contributed by atoms with van der Waals surface area (Å²) in [5.74, 6) is -1.33. The van der Waals surface area contributed by atoms with E-state index < -0.39 is 11.9 Å². The quantitative estimate of drug-likeness (QED) is 0.0949. The van der Waals surface area contributed by atoms with Gasteiger partial charge in [-0.3, -0.25) is 9.59 Å². The Labute approximate surface area is 212 Å². The van der Waals surface area contributed by atoms with E-state index >= 15 is 0 Å². The van der Waals surface area contributed by atoms with Crippen molar-refractivity contribution in [3.8, 4) is 0 Å². The summed E-state index contributed by atoms with van der Waals surface area (Å²) in [6, 6.07) is 0. The van der Waals surface area contributed by atoms with Crippen LogP contribution >= 0.6 is 0 Å². The van der Waals surface area contributed by atoms with E-state index in [1.807, 2.05) is 6.08 Å². The highest BCUT2D eigenvalue weighted by Crippen LogP contribution is 2.14. The SMILES string of the molecule is C=CCCCCCCCCC(=O)O.CCCCCCCCCCCCCCCCCCC(=O)O. The Kier molecular flexibility index (Phi) is 32.5. The predicted octanol–water partition coefficient (Wildman–Crippen LogP) is 10.1. The first kappa shape index (κ1) is 34.8. The van der Waals surface area contributed by atoms with Crippen LogP contribution in [0, 0.1) is 0 Å². The lowest BCUT2D eigenvalue weighted by Crippen LogP contribution is -1.93. The molecule has 0 aromatic rings. The molecule has 4 nitrogen and oxygen atoms in total. The number of carbonyl (C=O) groups is 2. The van der Waals surface area contributed by atoms with Crippen LogP contribution in [-0.4, -0.2) is 22.2 Å². The summed E-state index contributed by atoms with van der Waals surface area (Å²) >= 11 is 0. The Morgan fingerprint density at radius 2 is 0.765 bits per heavy atom. The monoisotopic (exact) mass is 482 g/mol. The molecule has 2 N–H and O–H groups in total. The maximum Gasteiger partial charge on any atom is 0.303 e. The second-order valence-corrected chi connectivity index (χ2v) is 9.79. The van der Waals surface area contributed by atoms with E-state index in [0.29, 0.717) is 12.8 Å². The van der Waals surface area contributed by atoms with Crippen molar-refractivity contribution >= 4 is 11.9 Å². The number of carboxylic acid groups (broad SMARTS) is 2. The Morgan fingerprint density at radius 1 is 0.500 bits per heavy atom. The van der Waals surface area contributed by atoms with Crippen LogP contribution in [0.15, 0.2) is 12.7 Å². The summed E-state index contributed by atoms with van der Waals surface area (Å²) in [6.45, 7) is 5.94. The molecule has 0 spiro atoms. The van der Waals surface area contributed by atoms with Gasteiger partial charge in [0.2, 0.25) is 0 Å². The van der Waals surface area contributed by atoms with Gasteiger partial charge >= 0.3 is 11.9 Å². The van der Waals surface area contributed by atoms with E-state index in [4.69, 9.17) is 10.2 Å². The minimum atomic E-state index is -0.674. The van der Waals surface area contributed by atoms with E-state index in [2.05, 4.69) is 13.5 Å². The first-order valence-electron chi connectivity index (χ1n) is 14.6. The summed E-state index contributed by atoms with van der Waals surface area (Å²) in [6.07, 6.45) is 31.8. The first-order chi connectivity index (χ1) is 16.5. The summed E-state index contributed by atoms with van der Waals surface area (Å²) in [5, 5.41) is 16.9. The fourth-order valence-corrected chi connectivity index (χ4v) is 4.10. The van der Waals surface area contributed by atoms with Crippen LogP contribution in [0.2, 0.25) is 0 Å². The lowest BCUT2D eigenvalue weighted by molar-refractivity contribution is -0.138. The fourth-order valence-electron chi connectivity index (χ4n) is 4.10. The van der Waals surface area contributed by atoms with Crippen molar-refractivity contribution < 1.29 is 19.8 Å². The van der Waals surface area contributed by atoms with Crippen molar-refractivity contribution in [2.45, 2.75) is 167 Å². The minimum Gasteiger partial charge on any atom is -0.481 e. The third-order valence-electron chi connectivity index (χ3n) is 6.29.